The van der Waals surface area contributed by atoms with Gasteiger partial charge in [-0.05, 0) is 19.1 Å². The molecule has 0 aliphatic rings. The van der Waals surface area contributed by atoms with E-state index in [0.29, 0.717) is 16.3 Å². The summed E-state index contributed by atoms with van der Waals surface area (Å²) in [5.74, 6) is 2.26. The van der Waals surface area contributed by atoms with E-state index in [1.54, 1.807) is 30.5 Å². The van der Waals surface area contributed by atoms with Crippen LogP contribution in [-0.4, -0.2) is 10.9 Å². The number of hydrogen-bond donors (Lipinski definition) is 1. The number of terminal acetylenes is 1. The third-order valence-corrected chi connectivity index (χ3v) is 3.00. The van der Waals surface area contributed by atoms with Crippen LogP contribution >= 0.6 is 11.3 Å². The second-order valence-corrected chi connectivity index (χ2v) is 4.65. The van der Waals surface area contributed by atoms with Gasteiger partial charge in [-0.25, -0.2) is 4.98 Å². The Balaban J connectivity index is 2.23. The topological polar surface area (TPSA) is 42.0 Å². The van der Waals surface area contributed by atoms with Crippen LogP contribution < -0.4 is 5.32 Å². The van der Waals surface area contributed by atoms with E-state index in [-0.39, 0.29) is 5.91 Å². The van der Waals surface area contributed by atoms with E-state index < -0.39 is 0 Å². The van der Waals surface area contributed by atoms with Gasteiger partial charge < -0.3 is 0 Å². The van der Waals surface area contributed by atoms with Gasteiger partial charge in [0, 0.05) is 16.6 Å². The molecule has 0 bridgehead atoms. The molecule has 2 rings (SSSR count). The molecule has 84 valence electrons. The van der Waals surface area contributed by atoms with Crippen LogP contribution in [0.3, 0.4) is 0 Å². The largest absolute Gasteiger partial charge is 0.298 e. The summed E-state index contributed by atoms with van der Waals surface area (Å²) in [5.41, 5.74) is 1.07. The summed E-state index contributed by atoms with van der Waals surface area (Å²) in [7, 11) is 0. The van der Waals surface area contributed by atoms with Crippen molar-refractivity contribution in [2.45, 2.75) is 6.92 Å². The lowest BCUT2D eigenvalue weighted by Crippen LogP contribution is -2.13. The standard InChI is InChI=1S/C13H10N2OS/c1-3-10-6-4-5-7-11(10)12(16)15-13-14-8-9(2)17-13/h1,4-8H,2H3,(H,14,15,16). The van der Waals surface area contributed by atoms with Crippen molar-refractivity contribution in [1.82, 2.24) is 4.98 Å². The number of aromatic nitrogens is 1. The van der Waals surface area contributed by atoms with Crippen molar-refractivity contribution in [3.05, 3.63) is 46.5 Å². The highest BCUT2D eigenvalue weighted by Gasteiger charge is 2.11. The van der Waals surface area contributed by atoms with Gasteiger partial charge in [-0.3, -0.25) is 10.1 Å². The van der Waals surface area contributed by atoms with Crippen LogP contribution in [0.15, 0.2) is 30.5 Å². The predicted molar refractivity (Wildman–Crippen MR) is 69.2 cm³/mol. The first-order chi connectivity index (χ1) is 8.20. The van der Waals surface area contributed by atoms with Crippen LogP contribution in [0.5, 0.6) is 0 Å². The molecule has 2 aromatic rings. The minimum atomic E-state index is -0.229. The van der Waals surface area contributed by atoms with Gasteiger partial charge in [-0.2, -0.15) is 0 Å². The molecule has 1 amide bonds. The number of hydrogen-bond acceptors (Lipinski definition) is 3. The minimum absolute atomic E-state index is 0.229. The van der Waals surface area contributed by atoms with E-state index in [4.69, 9.17) is 6.42 Å². The van der Waals surface area contributed by atoms with Crippen molar-refractivity contribution < 1.29 is 4.79 Å². The maximum absolute atomic E-state index is 12.0. The third kappa shape index (κ3) is 2.52. The summed E-state index contributed by atoms with van der Waals surface area (Å²) in [6.07, 6.45) is 7.06. The van der Waals surface area contributed by atoms with E-state index in [9.17, 15) is 4.79 Å². The Hall–Kier alpha value is -2.12. The normalized spacial score (nSPS) is 9.65. The highest BCUT2D eigenvalue weighted by molar-refractivity contribution is 7.15. The van der Waals surface area contributed by atoms with Crippen molar-refractivity contribution in [2.24, 2.45) is 0 Å². The molecule has 1 aromatic heterocycles. The van der Waals surface area contributed by atoms with Gasteiger partial charge in [-0.1, -0.05) is 18.1 Å². The van der Waals surface area contributed by atoms with Gasteiger partial charge in [0.25, 0.3) is 5.91 Å². The second-order valence-electron chi connectivity index (χ2n) is 3.42. The maximum atomic E-state index is 12.0. The summed E-state index contributed by atoms with van der Waals surface area (Å²) in [4.78, 5) is 17.1. The molecule has 0 aliphatic carbocycles. The monoisotopic (exact) mass is 242 g/mol. The van der Waals surface area contributed by atoms with Gasteiger partial charge in [0.15, 0.2) is 5.13 Å². The van der Waals surface area contributed by atoms with Crippen LogP contribution in [0.1, 0.15) is 20.8 Å². The third-order valence-electron chi connectivity index (χ3n) is 2.17. The number of thiazole rings is 1. The molecule has 0 radical (unpaired) electrons. The van der Waals surface area contributed by atoms with Crippen LogP contribution in [-0.2, 0) is 0 Å². The van der Waals surface area contributed by atoms with Gasteiger partial charge in [0.2, 0.25) is 0 Å². The first kappa shape index (κ1) is 11.4. The Bertz CT molecular complexity index is 595. The molecule has 0 spiro atoms. The molecule has 17 heavy (non-hydrogen) atoms. The quantitative estimate of drug-likeness (QED) is 0.823. The van der Waals surface area contributed by atoms with Crippen molar-refractivity contribution in [2.75, 3.05) is 5.32 Å². The number of amides is 1. The summed E-state index contributed by atoms with van der Waals surface area (Å²) in [6, 6.07) is 7.02. The molecule has 1 heterocycles. The summed E-state index contributed by atoms with van der Waals surface area (Å²) in [5, 5.41) is 3.31. The molecule has 0 atom stereocenters. The zero-order valence-corrected chi connectivity index (χ0v) is 10.0. The van der Waals surface area contributed by atoms with E-state index in [0.717, 1.165) is 4.88 Å². The van der Waals surface area contributed by atoms with E-state index in [2.05, 4.69) is 16.2 Å². The van der Waals surface area contributed by atoms with Crippen LogP contribution in [0, 0.1) is 19.3 Å². The fourth-order valence-electron chi connectivity index (χ4n) is 1.38. The molecule has 0 aliphatic heterocycles. The zero-order chi connectivity index (χ0) is 12.3. The number of carbonyl (C=O) groups excluding carboxylic acids is 1. The second kappa shape index (κ2) is 4.81. The lowest BCUT2D eigenvalue weighted by molar-refractivity contribution is 0.102. The van der Waals surface area contributed by atoms with Crippen molar-refractivity contribution in [1.29, 1.82) is 0 Å². The number of carbonyl (C=O) groups is 1. The lowest BCUT2D eigenvalue weighted by Gasteiger charge is -2.03. The van der Waals surface area contributed by atoms with E-state index >= 15 is 0 Å². The number of anilines is 1. The molecule has 0 saturated carbocycles. The van der Waals surface area contributed by atoms with Crippen molar-refractivity contribution in [3.8, 4) is 12.3 Å². The maximum Gasteiger partial charge on any atom is 0.258 e. The fraction of sp³-hybridized carbons (Fsp3) is 0.0769. The predicted octanol–water partition coefficient (Wildman–Crippen LogP) is 2.69. The summed E-state index contributed by atoms with van der Waals surface area (Å²) in [6.45, 7) is 1.93. The number of nitrogens with zero attached hydrogens (tertiary/aromatic N) is 1. The molecule has 0 unspecified atom stereocenters. The molecular weight excluding hydrogens is 232 g/mol. The lowest BCUT2D eigenvalue weighted by atomic mass is 10.1. The zero-order valence-electron chi connectivity index (χ0n) is 9.23. The number of rotatable bonds is 2. The van der Waals surface area contributed by atoms with Gasteiger partial charge in [0.05, 0.1) is 5.56 Å². The van der Waals surface area contributed by atoms with E-state index in [1.807, 2.05) is 6.92 Å². The fourth-order valence-corrected chi connectivity index (χ4v) is 2.04. The Kier molecular flexibility index (Phi) is 3.22. The number of nitrogens with one attached hydrogen (secondary N) is 1. The van der Waals surface area contributed by atoms with Gasteiger partial charge >= 0.3 is 0 Å². The van der Waals surface area contributed by atoms with Gasteiger partial charge in [0.1, 0.15) is 0 Å². The Labute approximate surface area is 104 Å². The Morgan fingerprint density at radius 3 is 2.88 bits per heavy atom. The van der Waals surface area contributed by atoms with Crippen LogP contribution in [0.2, 0.25) is 0 Å². The highest BCUT2D eigenvalue weighted by Crippen LogP contribution is 2.18. The number of aryl methyl sites for hydroxylation is 1. The molecule has 4 heteroatoms. The molecule has 1 aromatic carbocycles. The van der Waals surface area contributed by atoms with Crippen LogP contribution in [0.25, 0.3) is 0 Å². The smallest absolute Gasteiger partial charge is 0.258 e. The molecular formula is C13H10N2OS. The molecule has 1 N–H and O–H groups in total. The SMILES string of the molecule is C#Cc1ccccc1C(=O)Nc1ncc(C)s1. The molecule has 3 nitrogen and oxygen atoms in total. The molecule has 0 saturated heterocycles. The Morgan fingerprint density at radius 1 is 1.47 bits per heavy atom. The van der Waals surface area contributed by atoms with Crippen molar-refractivity contribution in [3.63, 3.8) is 0 Å². The summed E-state index contributed by atoms with van der Waals surface area (Å²) < 4.78 is 0. The van der Waals surface area contributed by atoms with Crippen LogP contribution in [0.4, 0.5) is 5.13 Å². The summed E-state index contributed by atoms with van der Waals surface area (Å²) >= 11 is 1.43. The average Bonchev–Trinajstić information content (AvgIpc) is 2.74. The Morgan fingerprint density at radius 2 is 2.24 bits per heavy atom. The first-order valence-electron chi connectivity index (χ1n) is 5.00. The van der Waals surface area contributed by atoms with E-state index in [1.165, 1.54) is 11.3 Å². The molecule has 0 fully saturated rings. The average molecular weight is 242 g/mol. The highest BCUT2D eigenvalue weighted by atomic mass is 32.1. The minimum Gasteiger partial charge on any atom is -0.298 e. The number of benzene rings is 1. The van der Waals surface area contributed by atoms with Crippen molar-refractivity contribution >= 4 is 22.4 Å². The van der Waals surface area contributed by atoms with Gasteiger partial charge in [-0.15, -0.1) is 17.8 Å². The first-order valence-corrected chi connectivity index (χ1v) is 5.82.